The summed E-state index contributed by atoms with van der Waals surface area (Å²) in [4.78, 5) is 13.2. The van der Waals surface area contributed by atoms with Crippen LogP contribution in [0.5, 0.6) is 0 Å². The third kappa shape index (κ3) is 4.75. The lowest BCUT2D eigenvalue weighted by molar-refractivity contribution is 0.100. The highest BCUT2D eigenvalue weighted by Gasteiger charge is 2.11. The van der Waals surface area contributed by atoms with E-state index < -0.39 is 11.7 Å². The van der Waals surface area contributed by atoms with Crippen molar-refractivity contribution in [2.24, 2.45) is 5.73 Å². The first-order chi connectivity index (χ1) is 8.91. The van der Waals surface area contributed by atoms with Gasteiger partial charge in [-0.15, -0.1) is 0 Å². The van der Waals surface area contributed by atoms with Crippen LogP contribution in [-0.2, 0) is 0 Å². The second-order valence-electron chi connectivity index (χ2n) is 4.72. The average Bonchev–Trinajstić information content (AvgIpc) is 2.30. The minimum atomic E-state index is -0.659. The topological polar surface area (TPSA) is 84.4 Å². The maximum absolute atomic E-state index is 13.6. The van der Waals surface area contributed by atoms with Gasteiger partial charge in [-0.25, -0.2) is 4.39 Å². The molecule has 0 aromatic heterocycles. The van der Waals surface area contributed by atoms with Gasteiger partial charge in [0.1, 0.15) is 5.82 Å². The first-order valence-electron chi connectivity index (χ1n) is 6.19. The number of unbranched alkanes of at least 4 members (excludes halogenated alkanes) is 1. The molecule has 0 fully saturated rings. The van der Waals surface area contributed by atoms with E-state index in [1.54, 1.807) is 0 Å². The molecule has 1 aromatic carbocycles. The molecular formula is C13H21FN4O. The Morgan fingerprint density at radius 1 is 1.37 bits per heavy atom. The van der Waals surface area contributed by atoms with Gasteiger partial charge in [0.25, 0.3) is 5.91 Å². The highest BCUT2D eigenvalue weighted by molar-refractivity contribution is 5.99. The van der Waals surface area contributed by atoms with E-state index in [2.05, 4.69) is 10.2 Å². The Bertz CT molecular complexity index is 449. The van der Waals surface area contributed by atoms with Gasteiger partial charge in [-0.05, 0) is 45.6 Å². The van der Waals surface area contributed by atoms with Crippen LogP contribution in [0.25, 0.3) is 0 Å². The average molecular weight is 268 g/mol. The molecule has 0 heterocycles. The van der Waals surface area contributed by atoms with Gasteiger partial charge in [-0.3, -0.25) is 4.79 Å². The molecule has 0 saturated heterocycles. The number of benzene rings is 1. The number of nitrogen functional groups attached to an aromatic ring is 1. The summed E-state index contributed by atoms with van der Waals surface area (Å²) in [5.41, 5.74) is 11.1. The summed E-state index contributed by atoms with van der Waals surface area (Å²) in [7, 11) is 4.01. The van der Waals surface area contributed by atoms with Crippen LogP contribution in [-0.4, -0.2) is 38.0 Å². The molecule has 5 nitrogen and oxygen atoms in total. The van der Waals surface area contributed by atoms with E-state index in [1.165, 1.54) is 6.07 Å². The van der Waals surface area contributed by atoms with Crippen LogP contribution >= 0.6 is 0 Å². The second-order valence-corrected chi connectivity index (χ2v) is 4.72. The Kier molecular flexibility index (Phi) is 5.57. The number of nitrogens with zero attached hydrogens (tertiary/aromatic N) is 1. The van der Waals surface area contributed by atoms with E-state index >= 15 is 0 Å². The largest absolute Gasteiger partial charge is 0.398 e. The van der Waals surface area contributed by atoms with Crippen molar-refractivity contribution in [1.82, 2.24) is 4.90 Å². The maximum atomic E-state index is 13.6. The summed E-state index contributed by atoms with van der Waals surface area (Å²) in [5, 5.41) is 2.95. The van der Waals surface area contributed by atoms with Crippen molar-refractivity contribution in [2.75, 3.05) is 38.2 Å². The summed E-state index contributed by atoms with van der Waals surface area (Å²) >= 11 is 0. The summed E-state index contributed by atoms with van der Waals surface area (Å²) in [5.74, 6) is -1.14. The van der Waals surface area contributed by atoms with Crippen LogP contribution in [0.3, 0.4) is 0 Å². The molecule has 0 aliphatic heterocycles. The zero-order valence-electron chi connectivity index (χ0n) is 11.4. The maximum Gasteiger partial charge on any atom is 0.250 e. The number of primary amides is 1. The fraction of sp³-hybridized carbons (Fsp3) is 0.462. The monoisotopic (exact) mass is 268 g/mol. The van der Waals surface area contributed by atoms with Crippen LogP contribution in [0.4, 0.5) is 15.8 Å². The normalized spacial score (nSPS) is 10.7. The third-order valence-electron chi connectivity index (χ3n) is 2.75. The molecular weight excluding hydrogens is 247 g/mol. The Hall–Kier alpha value is -1.82. The first-order valence-corrected chi connectivity index (χ1v) is 6.19. The summed E-state index contributed by atoms with van der Waals surface area (Å²) < 4.78 is 13.6. The van der Waals surface area contributed by atoms with Crippen LogP contribution in [0.2, 0.25) is 0 Å². The fourth-order valence-corrected chi connectivity index (χ4v) is 1.71. The van der Waals surface area contributed by atoms with Gasteiger partial charge in [0.15, 0.2) is 0 Å². The van der Waals surface area contributed by atoms with E-state index in [1.807, 2.05) is 14.1 Å². The molecule has 0 saturated carbocycles. The molecule has 1 aromatic rings. The number of hydrogen-bond donors (Lipinski definition) is 3. The van der Waals surface area contributed by atoms with Gasteiger partial charge in [0.05, 0.1) is 11.3 Å². The minimum absolute atomic E-state index is 0.0585. The second kappa shape index (κ2) is 6.94. The highest BCUT2D eigenvalue weighted by atomic mass is 19.1. The zero-order valence-corrected chi connectivity index (χ0v) is 11.4. The molecule has 0 aliphatic rings. The first kappa shape index (κ1) is 15.2. The quantitative estimate of drug-likeness (QED) is 0.513. The van der Waals surface area contributed by atoms with Crippen molar-refractivity contribution in [3.63, 3.8) is 0 Å². The van der Waals surface area contributed by atoms with E-state index in [4.69, 9.17) is 11.5 Å². The zero-order chi connectivity index (χ0) is 14.4. The molecule has 1 rings (SSSR count). The molecule has 0 unspecified atom stereocenters. The molecule has 5 N–H and O–H groups in total. The lowest BCUT2D eigenvalue weighted by atomic mass is 10.1. The van der Waals surface area contributed by atoms with Crippen molar-refractivity contribution < 1.29 is 9.18 Å². The van der Waals surface area contributed by atoms with Crippen molar-refractivity contribution in [2.45, 2.75) is 12.8 Å². The lowest BCUT2D eigenvalue weighted by Gasteiger charge is -2.12. The highest BCUT2D eigenvalue weighted by Crippen LogP contribution is 2.21. The molecule has 1 amide bonds. The van der Waals surface area contributed by atoms with Gasteiger partial charge in [-0.1, -0.05) is 0 Å². The molecule has 19 heavy (non-hydrogen) atoms. The van der Waals surface area contributed by atoms with Gasteiger partial charge in [0, 0.05) is 12.2 Å². The SMILES string of the molecule is CN(C)CCCCNc1cc(C(N)=O)c(N)cc1F. The Morgan fingerprint density at radius 3 is 2.63 bits per heavy atom. The van der Waals surface area contributed by atoms with E-state index in [-0.39, 0.29) is 16.9 Å². The standard InChI is InChI=1S/C13H21FN4O/c1-18(2)6-4-3-5-17-12-7-9(13(16)19)11(15)8-10(12)14/h7-8,17H,3-6,15H2,1-2H3,(H2,16,19). The van der Waals surface area contributed by atoms with Crippen LogP contribution in [0.1, 0.15) is 23.2 Å². The van der Waals surface area contributed by atoms with E-state index in [0.29, 0.717) is 6.54 Å². The molecule has 0 bridgehead atoms. The molecule has 0 spiro atoms. The van der Waals surface area contributed by atoms with Gasteiger partial charge >= 0.3 is 0 Å². The minimum Gasteiger partial charge on any atom is -0.398 e. The number of anilines is 2. The van der Waals surface area contributed by atoms with Crippen molar-refractivity contribution in [3.8, 4) is 0 Å². The number of rotatable bonds is 7. The Labute approximate surface area is 112 Å². The Morgan fingerprint density at radius 2 is 2.05 bits per heavy atom. The smallest absolute Gasteiger partial charge is 0.250 e. The van der Waals surface area contributed by atoms with Crippen LogP contribution in [0.15, 0.2) is 12.1 Å². The number of carbonyl (C=O) groups is 1. The van der Waals surface area contributed by atoms with Crippen LogP contribution in [0, 0.1) is 5.82 Å². The van der Waals surface area contributed by atoms with Gasteiger partial charge in [0.2, 0.25) is 0 Å². The van der Waals surface area contributed by atoms with Gasteiger partial charge < -0.3 is 21.7 Å². The fourth-order valence-electron chi connectivity index (χ4n) is 1.71. The molecule has 0 aliphatic carbocycles. The molecule has 6 heteroatoms. The number of carbonyl (C=O) groups excluding carboxylic acids is 1. The van der Waals surface area contributed by atoms with Gasteiger partial charge in [-0.2, -0.15) is 0 Å². The number of hydrogen-bond acceptors (Lipinski definition) is 4. The predicted molar refractivity (Wildman–Crippen MR) is 75.6 cm³/mol. The number of halogens is 1. The molecule has 0 atom stereocenters. The van der Waals surface area contributed by atoms with Crippen molar-refractivity contribution in [1.29, 1.82) is 0 Å². The predicted octanol–water partition coefficient (Wildman–Crippen LogP) is 1.26. The summed E-state index contributed by atoms with van der Waals surface area (Å²) in [6.07, 6.45) is 1.92. The number of amides is 1. The summed E-state index contributed by atoms with van der Waals surface area (Å²) in [6.45, 7) is 1.62. The summed E-state index contributed by atoms with van der Waals surface area (Å²) in [6, 6.07) is 2.47. The molecule has 0 radical (unpaired) electrons. The van der Waals surface area contributed by atoms with E-state index in [0.717, 1.165) is 25.5 Å². The van der Waals surface area contributed by atoms with Crippen molar-refractivity contribution >= 4 is 17.3 Å². The van der Waals surface area contributed by atoms with E-state index in [9.17, 15) is 9.18 Å². The third-order valence-corrected chi connectivity index (χ3v) is 2.75. The number of nitrogens with one attached hydrogen (secondary N) is 1. The molecule has 106 valence electrons. The van der Waals surface area contributed by atoms with Crippen LogP contribution < -0.4 is 16.8 Å². The Balaban J connectivity index is 2.58. The lowest BCUT2D eigenvalue weighted by Crippen LogP contribution is -2.16. The number of nitrogens with two attached hydrogens (primary N) is 2. The van der Waals surface area contributed by atoms with Crippen molar-refractivity contribution in [3.05, 3.63) is 23.5 Å².